The summed E-state index contributed by atoms with van der Waals surface area (Å²) in [7, 11) is 0. The molecular formula is C12H20O. The molecule has 0 N–H and O–H groups in total. The van der Waals surface area contributed by atoms with Gasteiger partial charge in [0.15, 0.2) is 0 Å². The Morgan fingerprint density at radius 1 is 1.31 bits per heavy atom. The monoisotopic (exact) mass is 180 g/mol. The van der Waals surface area contributed by atoms with Crippen molar-refractivity contribution in [2.75, 3.05) is 0 Å². The van der Waals surface area contributed by atoms with Gasteiger partial charge in [-0.1, -0.05) is 20.1 Å². The lowest BCUT2D eigenvalue weighted by Crippen LogP contribution is -2.27. The molecule has 1 aliphatic carbocycles. The fourth-order valence-electron chi connectivity index (χ4n) is 1.90. The Morgan fingerprint density at radius 2 is 1.85 bits per heavy atom. The Bertz CT molecular complexity index is 209. The lowest BCUT2D eigenvalue weighted by Gasteiger charge is -2.30. The molecule has 1 aliphatic rings. The maximum atomic E-state index is 5.92. The van der Waals surface area contributed by atoms with E-state index in [1.165, 1.54) is 25.7 Å². The second-order valence-electron chi connectivity index (χ2n) is 4.05. The predicted octanol–water partition coefficient (Wildman–Crippen LogP) is 3.82. The van der Waals surface area contributed by atoms with Crippen molar-refractivity contribution in [3.63, 3.8) is 0 Å². The fraction of sp³-hybridized carbons (Fsp3) is 0.667. The molecule has 1 rings (SSSR count). The number of ether oxygens (including phenoxy) is 1. The Morgan fingerprint density at radius 3 is 2.23 bits per heavy atom. The first-order valence-electron chi connectivity index (χ1n) is 5.13. The first-order valence-corrected chi connectivity index (χ1v) is 5.13. The minimum atomic E-state index is 0.0794. The van der Waals surface area contributed by atoms with Gasteiger partial charge >= 0.3 is 0 Å². The average Bonchev–Trinajstić information content (AvgIpc) is 2.54. The molecule has 0 atom stereocenters. The van der Waals surface area contributed by atoms with Gasteiger partial charge in [0.2, 0.25) is 0 Å². The van der Waals surface area contributed by atoms with Gasteiger partial charge in [-0.25, -0.2) is 0 Å². The molecule has 0 aromatic heterocycles. The van der Waals surface area contributed by atoms with Gasteiger partial charge in [0.05, 0.1) is 0 Å². The van der Waals surface area contributed by atoms with E-state index in [1.807, 2.05) is 6.92 Å². The highest BCUT2D eigenvalue weighted by Crippen LogP contribution is 2.38. The molecule has 1 fully saturated rings. The van der Waals surface area contributed by atoms with Crippen LogP contribution >= 0.6 is 0 Å². The zero-order valence-electron chi connectivity index (χ0n) is 8.86. The van der Waals surface area contributed by atoms with Crippen LogP contribution in [0.4, 0.5) is 0 Å². The summed E-state index contributed by atoms with van der Waals surface area (Å²) in [6.45, 7) is 11.9. The minimum Gasteiger partial charge on any atom is -0.488 e. The highest BCUT2D eigenvalue weighted by molar-refractivity contribution is 5.17. The molecule has 1 heteroatoms. The molecule has 0 bridgehead atoms. The van der Waals surface area contributed by atoms with Gasteiger partial charge in [0, 0.05) is 0 Å². The third-order valence-electron chi connectivity index (χ3n) is 2.97. The molecule has 74 valence electrons. The Kier molecular flexibility index (Phi) is 3.18. The molecular weight excluding hydrogens is 160 g/mol. The van der Waals surface area contributed by atoms with Gasteiger partial charge in [-0.3, -0.25) is 0 Å². The molecule has 0 aliphatic heterocycles. The van der Waals surface area contributed by atoms with Crippen molar-refractivity contribution in [2.45, 2.75) is 51.6 Å². The summed E-state index contributed by atoms with van der Waals surface area (Å²) in [5.74, 6) is 0.767. The molecule has 0 heterocycles. The molecule has 0 spiro atoms. The third-order valence-corrected chi connectivity index (χ3v) is 2.97. The summed E-state index contributed by atoms with van der Waals surface area (Å²) in [6, 6.07) is 0. The second-order valence-corrected chi connectivity index (χ2v) is 4.05. The number of hydrogen-bond donors (Lipinski definition) is 0. The summed E-state index contributed by atoms with van der Waals surface area (Å²) >= 11 is 0. The van der Waals surface area contributed by atoms with Gasteiger partial charge in [-0.2, -0.15) is 0 Å². The van der Waals surface area contributed by atoms with Crippen molar-refractivity contribution in [3.05, 3.63) is 24.5 Å². The van der Waals surface area contributed by atoms with Crippen LogP contribution in [0.25, 0.3) is 0 Å². The van der Waals surface area contributed by atoms with Gasteiger partial charge < -0.3 is 4.74 Å². The van der Waals surface area contributed by atoms with Crippen LogP contribution in [-0.4, -0.2) is 5.60 Å². The van der Waals surface area contributed by atoms with E-state index >= 15 is 0 Å². The third kappa shape index (κ3) is 2.36. The molecule has 0 radical (unpaired) electrons. The highest BCUT2D eigenvalue weighted by atomic mass is 16.5. The average molecular weight is 180 g/mol. The summed E-state index contributed by atoms with van der Waals surface area (Å²) in [5, 5.41) is 0. The molecule has 0 aromatic carbocycles. The van der Waals surface area contributed by atoms with E-state index in [-0.39, 0.29) is 5.60 Å². The zero-order valence-corrected chi connectivity index (χ0v) is 8.86. The van der Waals surface area contributed by atoms with Crippen LogP contribution in [0.1, 0.15) is 46.0 Å². The Hall–Kier alpha value is -0.720. The fourth-order valence-corrected chi connectivity index (χ4v) is 1.90. The summed E-state index contributed by atoms with van der Waals surface area (Å²) in [5.41, 5.74) is 1.02. The molecule has 0 amide bonds. The van der Waals surface area contributed by atoms with Crippen molar-refractivity contribution in [2.24, 2.45) is 0 Å². The smallest absolute Gasteiger partial charge is 0.115 e. The second kappa shape index (κ2) is 3.99. The van der Waals surface area contributed by atoms with Crippen molar-refractivity contribution in [3.8, 4) is 0 Å². The van der Waals surface area contributed by atoms with Crippen LogP contribution in [0.15, 0.2) is 24.5 Å². The van der Waals surface area contributed by atoms with E-state index in [0.29, 0.717) is 0 Å². The summed E-state index contributed by atoms with van der Waals surface area (Å²) in [6.07, 6.45) is 6.01. The van der Waals surface area contributed by atoms with Crippen LogP contribution in [0.5, 0.6) is 0 Å². The maximum Gasteiger partial charge on any atom is 0.115 e. The van der Waals surface area contributed by atoms with E-state index in [2.05, 4.69) is 20.1 Å². The van der Waals surface area contributed by atoms with Gasteiger partial charge in [-0.15, -0.1) is 0 Å². The number of hydrogen-bond acceptors (Lipinski definition) is 1. The summed E-state index contributed by atoms with van der Waals surface area (Å²) < 4.78 is 5.92. The van der Waals surface area contributed by atoms with Crippen LogP contribution < -0.4 is 0 Å². The first-order chi connectivity index (χ1) is 6.09. The topological polar surface area (TPSA) is 9.23 Å². The van der Waals surface area contributed by atoms with Crippen molar-refractivity contribution >= 4 is 0 Å². The van der Waals surface area contributed by atoms with Crippen LogP contribution in [0.2, 0.25) is 0 Å². The van der Waals surface area contributed by atoms with E-state index in [0.717, 1.165) is 17.8 Å². The molecule has 0 aromatic rings. The van der Waals surface area contributed by atoms with Crippen LogP contribution in [0.3, 0.4) is 0 Å². The quantitative estimate of drug-likeness (QED) is 0.472. The SMILES string of the molecule is C=C(C)C(=C)OC1(CC)CCCC1. The van der Waals surface area contributed by atoms with E-state index in [4.69, 9.17) is 4.74 Å². The van der Waals surface area contributed by atoms with Crippen molar-refractivity contribution in [1.82, 2.24) is 0 Å². The van der Waals surface area contributed by atoms with E-state index in [9.17, 15) is 0 Å². The van der Waals surface area contributed by atoms with E-state index < -0.39 is 0 Å². The van der Waals surface area contributed by atoms with Gasteiger partial charge in [0.1, 0.15) is 11.4 Å². The van der Waals surface area contributed by atoms with Gasteiger partial charge in [0.25, 0.3) is 0 Å². The lowest BCUT2D eigenvalue weighted by atomic mass is 9.98. The first kappa shape index (κ1) is 10.4. The molecule has 13 heavy (non-hydrogen) atoms. The van der Waals surface area contributed by atoms with Crippen LogP contribution in [0, 0.1) is 0 Å². The number of rotatable bonds is 4. The van der Waals surface area contributed by atoms with Crippen molar-refractivity contribution in [1.29, 1.82) is 0 Å². The highest BCUT2D eigenvalue weighted by Gasteiger charge is 2.34. The maximum absolute atomic E-state index is 5.92. The Balaban J connectivity index is 2.58. The summed E-state index contributed by atoms with van der Waals surface area (Å²) in [4.78, 5) is 0. The van der Waals surface area contributed by atoms with Crippen molar-refractivity contribution < 1.29 is 4.74 Å². The van der Waals surface area contributed by atoms with E-state index in [1.54, 1.807) is 0 Å². The molecule has 0 unspecified atom stereocenters. The minimum absolute atomic E-state index is 0.0794. The molecule has 1 saturated carbocycles. The largest absolute Gasteiger partial charge is 0.488 e. The standard InChI is InChI=1S/C12H20O/c1-5-12(8-6-7-9-12)13-11(4)10(2)3/h2,4-9H2,1,3H3. The number of allylic oxidation sites excluding steroid dienone is 1. The lowest BCUT2D eigenvalue weighted by molar-refractivity contribution is 0.00927. The molecule has 0 saturated heterocycles. The van der Waals surface area contributed by atoms with Crippen LogP contribution in [-0.2, 0) is 4.74 Å². The zero-order chi connectivity index (χ0) is 9.90. The molecule has 1 nitrogen and oxygen atoms in total. The Labute approximate surface area is 81.5 Å². The predicted molar refractivity (Wildman–Crippen MR) is 56.5 cm³/mol. The van der Waals surface area contributed by atoms with Gasteiger partial charge in [-0.05, 0) is 44.6 Å². The normalized spacial score (nSPS) is 19.8.